The van der Waals surface area contributed by atoms with Crippen LogP contribution >= 0.6 is 0 Å². The molecule has 5 heteroatoms. The molecule has 0 rings (SSSR count). The molecule has 0 spiro atoms. The van der Waals surface area contributed by atoms with Gasteiger partial charge in [-0.3, -0.25) is 0 Å². The van der Waals surface area contributed by atoms with Crippen molar-refractivity contribution in [2.24, 2.45) is 0 Å². The van der Waals surface area contributed by atoms with E-state index in [1.165, 1.54) is 0 Å². The predicted octanol–water partition coefficient (Wildman–Crippen LogP) is -2.30. The molecule has 0 aromatic carbocycles. The number of hydrogen-bond donors (Lipinski definition) is 0. The molecule has 0 aromatic rings. The van der Waals surface area contributed by atoms with Crippen LogP contribution in [0.25, 0.3) is 0 Å². The summed E-state index contributed by atoms with van der Waals surface area (Å²) in [6, 6.07) is 0. The third-order valence-electron chi connectivity index (χ3n) is 0. The van der Waals surface area contributed by atoms with Gasteiger partial charge in [-0.2, -0.15) is 0 Å². The van der Waals surface area contributed by atoms with Gasteiger partial charge in [0, 0.05) is 35.6 Å². The minimum atomic E-state index is 0. The molecule has 0 heterocycles. The second-order valence-corrected chi connectivity index (χ2v) is 0. The van der Waals surface area contributed by atoms with Gasteiger partial charge in [-0.1, -0.05) is 0 Å². The summed E-state index contributed by atoms with van der Waals surface area (Å²) >= 11 is 0. The standard InChI is InChI=1S/Li.Mn.2H2O.V.H/h;;2*1H2;;. The topological polar surface area (TPSA) is 63.0 Å². The van der Waals surface area contributed by atoms with Gasteiger partial charge in [0.05, 0.1) is 0 Å². The first-order valence-corrected chi connectivity index (χ1v) is 0. The van der Waals surface area contributed by atoms with Crippen LogP contribution in [0.15, 0.2) is 0 Å². The van der Waals surface area contributed by atoms with Crippen molar-refractivity contribution in [3.8, 4) is 0 Å². The molecule has 5 heavy (non-hydrogen) atoms. The molecule has 0 aliphatic carbocycles. The second-order valence-electron chi connectivity index (χ2n) is 0. The van der Waals surface area contributed by atoms with E-state index in [0.29, 0.717) is 0 Å². The van der Waals surface area contributed by atoms with Gasteiger partial charge in [-0.15, -0.1) is 0 Å². The summed E-state index contributed by atoms with van der Waals surface area (Å²) in [6.45, 7) is 0. The molecule has 0 aromatic heterocycles. The van der Waals surface area contributed by atoms with Crippen molar-refractivity contribution in [2.75, 3.05) is 0 Å². The molecule has 0 saturated heterocycles. The van der Waals surface area contributed by atoms with Crippen LogP contribution in [0.2, 0.25) is 0 Å². The Balaban J connectivity index is 0. The molecular formula is H5LiMnO2V. The van der Waals surface area contributed by atoms with Crippen molar-refractivity contribution < 1.29 is 46.6 Å². The van der Waals surface area contributed by atoms with Gasteiger partial charge >= 0.3 is 18.9 Å². The monoisotopic (exact) mass is 150 g/mol. The van der Waals surface area contributed by atoms with Crippen LogP contribution in [0.4, 0.5) is 0 Å². The molecule has 0 fully saturated rings. The van der Waals surface area contributed by atoms with Gasteiger partial charge in [-0.25, -0.2) is 0 Å². The Morgan fingerprint density at radius 3 is 0.800 bits per heavy atom. The fourth-order valence-corrected chi connectivity index (χ4v) is 0. The smallest absolute Gasteiger partial charge is 0 e. The zero-order chi connectivity index (χ0) is 0. The summed E-state index contributed by atoms with van der Waals surface area (Å²) in [7, 11) is 0. The molecule has 0 aliphatic rings. The van der Waals surface area contributed by atoms with Crippen molar-refractivity contribution in [1.82, 2.24) is 0 Å². The zero-order valence-corrected chi connectivity index (χ0v) is 4.40. The van der Waals surface area contributed by atoms with E-state index in [1.54, 1.807) is 0 Å². The van der Waals surface area contributed by atoms with Crippen LogP contribution in [0.1, 0.15) is 0 Å². The van der Waals surface area contributed by atoms with Gasteiger partial charge in [0.15, 0.2) is 0 Å². The van der Waals surface area contributed by atoms with E-state index in [0.717, 1.165) is 0 Å². The van der Waals surface area contributed by atoms with Crippen molar-refractivity contribution in [2.45, 2.75) is 0 Å². The van der Waals surface area contributed by atoms with Crippen LogP contribution < -0.4 is 0 Å². The molecule has 0 atom stereocenters. The second kappa shape index (κ2) is 45.7. The van der Waals surface area contributed by atoms with Crippen LogP contribution in [0.5, 0.6) is 0 Å². The summed E-state index contributed by atoms with van der Waals surface area (Å²) in [5, 5.41) is 0. The third-order valence-corrected chi connectivity index (χ3v) is 0. The van der Waals surface area contributed by atoms with E-state index in [9.17, 15) is 0 Å². The maximum Gasteiger partial charge on any atom is 0 e. The average molecular weight is 150 g/mol. The van der Waals surface area contributed by atoms with Crippen LogP contribution in [0.3, 0.4) is 0 Å². The summed E-state index contributed by atoms with van der Waals surface area (Å²) < 4.78 is 0. The average Bonchev–Trinajstić information content (AvgIpc) is 0. The quantitative estimate of drug-likeness (QED) is 0.348. The van der Waals surface area contributed by atoms with Crippen LogP contribution in [-0.4, -0.2) is 29.8 Å². The fourth-order valence-electron chi connectivity index (χ4n) is 0. The van der Waals surface area contributed by atoms with E-state index in [-0.39, 0.29) is 65.4 Å². The maximum atomic E-state index is 0. The molecule has 2 nitrogen and oxygen atoms in total. The minimum Gasteiger partial charge on any atom is 0 e. The summed E-state index contributed by atoms with van der Waals surface area (Å²) in [6.07, 6.45) is 0. The zero-order valence-electron chi connectivity index (χ0n) is 1.83. The molecule has 4 N–H and O–H groups in total. The summed E-state index contributed by atoms with van der Waals surface area (Å²) in [4.78, 5) is 0. The first-order valence-electron chi connectivity index (χ1n) is 0. The third kappa shape index (κ3) is 28.0. The number of rotatable bonds is 0. The normalized spacial score (nSPS) is 0. The Morgan fingerprint density at radius 1 is 0.800 bits per heavy atom. The SMILES string of the molecule is O.O.[LiH].[Mn].[V]. The van der Waals surface area contributed by atoms with Gasteiger partial charge in [0.2, 0.25) is 0 Å². The Labute approximate surface area is 65.2 Å². The largest absolute Gasteiger partial charge is 0 e. The van der Waals surface area contributed by atoms with Gasteiger partial charge in [0.1, 0.15) is 0 Å². The van der Waals surface area contributed by atoms with Crippen molar-refractivity contribution >= 4 is 18.9 Å². The van der Waals surface area contributed by atoms with Gasteiger partial charge in [-0.05, 0) is 0 Å². The predicted molar refractivity (Wildman–Crippen MR) is 14.4 cm³/mol. The van der Waals surface area contributed by atoms with Crippen molar-refractivity contribution in [1.29, 1.82) is 0 Å². The van der Waals surface area contributed by atoms with E-state index < -0.39 is 0 Å². The molecule has 2 radical (unpaired) electrons. The number of hydrogen-bond acceptors (Lipinski definition) is 0. The Bertz CT molecular complexity index is 9.61. The van der Waals surface area contributed by atoms with Gasteiger partial charge < -0.3 is 11.0 Å². The summed E-state index contributed by atoms with van der Waals surface area (Å²) in [5.41, 5.74) is 0. The molecule has 0 aliphatic heterocycles. The van der Waals surface area contributed by atoms with Crippen LogP contribution in [0, 0.1) is 0 Å². The Hall–Kier alpha value is 1.62. The van der Waals surface area contributed by atoms with E-state index in [4.69, 9.17) is 0 Å². The molecule has 0 saturated carbocycles. The Morgan fingerprint density at radius 2 is 0.800 bits per heavy atom. The minimum absolute atomic E-state index is 0. The van der Waals surface area contributed by atoms with Crippen molar-refractivity contribution in [3.63, 3.8) is 0 Å². The first kappa shape index (κ1) is 79.6. The van der Waals surface area contributed by atoms with Gasteiger partial charge in [0.25, 0.3) is 0 Å². The van der Waals surface area contributed by atoms with Crippen molar-refractivity contribution in [3.05, 3.63) is 0 Å². The van der Waals surface area contributed by atoms with E-state index in [1.807, 2.05) is 0 Å². The molecular weight excluding hydrogens is 145 g/mol. The molecule has 0 bridgehead atoms. The maximum absolute atomic E-state index is 0. The molecule has 0 amide bonds. The first-order chi connectivity index (χ1) is 0. The van der Waals surface area contributed by atoms with E-state index in [2.05, 4.69) is 0 Å². The molecule has 0 unspecified atom stereocenters. The Kier molecular flexibility index (Phi) is 727. The van der Waals surface area contributed by atoms with Crippen LogP contribution in [-0.2, 0) is 35.6 Å². The fraction of sp³-hybridized carbons (Fsp3) is 0. The van der Waals surface area contributed by atoms with E-state index >= 15 is 0 Å². The summed E-state index contributed by atoms with van der Waals surface area (Å²) in [5.74, 6) is 0. The molecule has 30 valence electrons.